The Bertz CT molecular complexity index is 1430. The van der Waals surface area contributed by atoms with Crippen molar-refractivity contribution in [3.05, 3.63) is 71.8 Å². The average molecular weight is 522 g/mol. The highest BCUT2D eigenvalue weighted by Gasteiger charge is 2.19. The zero-order chi connectivity index (χ0) is 26.6. The molecular formula is C28H29F2N5O3. The van der Waals surface area contributed by atoms with Crippen molar-refractivity contribution >= 4 is 28.3 Å². The van der Waals surface area contributed by atoms with Gasteiger partial charge in [0.2, 0.25) is 0 Å². The number of benzene rings is 3. The Balaban J connectivity index is 1.27. The standard InChI is InChI=1S/C28H29F2N5O3/c1-37-16-15-34-11-13-35(14-12-34)20-6-3-18(4-7-20)28(36)31-27-21-8-5-19(17-23(21)32-33-27)25-22(29)9-10-24(38-2)26(25)30/h3-10,17H,11-16H2,1-2H3,(H2,31,32,33,36). The predicted molar refractivity (Wildman–Crippen MR) is 143 cm³/mol. The Morgan fingerprint density at radius 2 is 1.79 bits per heavy atom. The van der Waals surface area contributed by atoms with Gasteiger partial charge in [0.05, 0.1) is 24.8 Å². The fourth-order valence-electron chi connectivity index (χ4n) is 4.68. The van der Waals surface area contributed by atoms with Gasteiger partial charge in [0.25, 0.3) is 5.91 Å². The maximum Gasteiger partial charge on any atom is 0.256 e. The second kappa shape index (κ2) is 11.2. The molecule has 198 valence electrons. The highest BCUT2D eigenvalue weighted by molar-refractivity contribution is 6.08. The number of amides is 1. The molecule has 38 heavy (non-hydrogen) atoms. The third-order valence-electron chi connectivity index (χ3n) is 6.84. The number of methoxy groups -OCH3 is 2. The number of carbonyl (C=O) groups is 1. The monoisotopic (exact) mass is 521 g/mol. The summed E-state index contributed by atoms with van der Waals surface area (Å²) in [7, 11) is 3.04. The summed E-state index contributed by atoms with van der Waals surface area (Å²) in [5.41, 5.74) is 2.23. The summed E-state index contributed by atoms with van der Waals surface area (Å²) in [5, 5.41) is 10.5. The van der Waals surface area contributed by atoms with E-state index in [9.17, 15) is 13.6 Å². The van der Waals surface area contributed by atoms with E-state index < -0.39 is 11.6 Å². The third kappa shape index (κ3) is 5.18. The lowest BCUT2D eigenvalue weighted by atomic mass is 10.0. The molecule has 0 unspecified atom stereocenters. The summed E-state index contributed by atoms with van der Waals surface area (Å²) in [6, 6.07) is 14.7. The Morgan fingerprint density at radius 1 is 1.03 bits per heavy atom. The second-order valence-electron chi connectivity index (χ2n) is 9.09. The molecule has 2 heterocycles. The number of aromatic nitrogens is 2. The lowest BCUT2D eigenvalue weighted by Crippen LogP contribution is -2.47. The topological polar surface area (TPSA) is 82.7 Å². The van der Waals surface area contributed by atoms with E-state index in [0.29, 0.717) is 27.8 Å². The van der Waals surface area contributed by atoms with Gasteiger partial charge < -0.3 is 19.7 Å². The number of nitrogens with zero attached hydrogens (tertiary/aromatic N) is 3. The molecule has 1 aliphatic heterocycles. The number of aromatic amines is 1. The molecule has 5 rings (SSSR count). The molecule has 10 heteroatoms. The van der Waals surface area contributed by atoms with Gasteiger partial charge in [0.15, 0.2) is 17.4 Å². The van der Waals surface area contributed by atoms with Crippen LogP contribution in [0.3, 0.4) is 0 Å². The van der Waals surface area contributed by atoms with Crippen LogP contribution in [0.15, 0.2) is 54.6 Å². The second-order valence-corrected chi connectivity index (χ2v) is 9.09. The highest BCUT2D eigenvalue weighted by atomic mass is 19.1. The number of rotatable bonds is 8. The van der Waals surface area contributed by atoms with Crippen molar-refractivity contribution in [3.63, 3.8) is 0 Å². The van der Waals surface area contributed by atoms with E-state index in [1.165, 1.54) is 13.2 Å². The summed E-state index contributed by atoms with van der Waals surface area (Å²) in [4.78, 5) is 17.6. The summed E-state index contributed by atoms with van der Waals surface area (Å²) in [5.74, 6) is -1.50. The van der Waals surface area contributed by atoms with Crippen molar-refractivity contribution in [3.8, 4) is 16.9 Å². The van der Waals surface area contributed by atoms with Gasteiger partial charge in [-0.1, -0.05) is 6.07 Å². The van der Waals surface area contributed by atoms with Crippen LogP contribution in [0.4, 0.5) is 20.3 Å². The van der Waals surface area contributed by atoms with Crippen LogP contribution in [-0.2, 0) is 4.74 Å². The van der Waals surface area contributed by atoms with Gasteiger partial charge in [-0.05, 0) is 54.1 Å². The molecule has 8 nitrogen and oxygen atoms in total. The largest absolute Gasteiger partial charge is 0.494 e. The number of piperazine rings is 1. The van der Waals surface area contributed by atoms with Crippen LogP contribution in [-0.4, -0.2) is 74.6 Å². The molecule has 0 bridgehead atoms. The number of fused-ring (bicyclic) bond motifs is 1. The van der Waals surface area contributed by atoms with Crippen LogP contribution in [0.5, 0.6) is 5.75 Å². The molecule has 1 aromatic heterocycles. The van der Waals surface area contributed by atoms with Crippen LogP contribution >= 0.6 is 0 Å². The summed E-state index contributed by atoms with van der Waals surface area (Å²) in [6.45, 7) is 5.43. The van der Waals surface area contributed by atoms with Crippen molar-refractivity contribution in [2.75, 3.05) is 63.8 Å². The number of H-pyrrole nitrogens is 1. The van der Waals surface area contributed by atoms with Crippen LogP contribution in [0.25, 0.3) is 22.0 Å². The lowest BCUT2D eigenvalue weighted by Gasteiger charge is -2.36. The maximum atomic E-state index is 14.7. The van der Waals surface area contributed by atoms with Crippen LogP contribution in [0.1, 0.15) is 10.4 Å². The number of anilines is 2. The molecule has 0 aliphatic carbocycles. The zero-order valence-electron chi connectivity index (χ0n) is 21.3. The molecular weight excluding hydrogens is 492 g/mol. The van der Waals surface area contributed by atoms with Gasteiger partial charge in [0, 0.05) is 56.5 Å². The summed E-state index contributed by atoms with van der Waals surface area (Å²) >= 11 is 0. The first-order valence-corrected chi connectivity index (χ1v) is 12.4. The molecule has 0 saturated carbocycles. The Kier molecular flexibility index (Phi) is 7.52. The van der Waals surface area contributed by atoms with E-state index in [4.69, 9.17) is 9.47 Å². The zero-order valence-corrected chi connectivity index (χ0v) is 21.3. The van der Waals surface area contributed by atoms with E-state index in [-0.39, 0.29) is 17.2 Å². The van der Waals surface area contributed by atoms with Crippen LogP contribution in [0, 0.1) is 11.6 Å². The van der Waals surface area contributed by atoms with Crippen molar-refractivity contribution < 1.29 is 23.0 Å². The molecule has 0 radical (unpaired) electrons. The maximum absolute atomic E-state index is 14.7. The van der Waals surface area contributed by atoms with Crippen molar-refractivity contribution in [1.82, 2.24) is 15.1 Å². The molecule has 1 saturated heterocycles. The van der Waals surface area contributed by atoms with E-state index in [0.717, 1.165) is 51.1 Å². The van der Waals surface area contributed by atoms with Gasteiger partial charge in [0.1, 0.15) is 5.82 Å². The molecule has 4 aromatic rings. The van der Waals surface area contributed by atoms with Crippen molar-refractivity contribution in [2.45, 2.75) is 0 Å². The van der Waals surface area contributed by atoms with Crippen LogP contribution < -0.4 is 15.0 Å². The van der Waals surface area contributed by atoms with E-state index >= 15 is 0 Å². The molecule has 0 atom stereocenters. The van der Waals surface area contributed by atoms with Gasteiger partial charge >= 0.3 is 0 Å². The third-order valence-corrected chi connectivity index (χ3v) is 6.84. The molecule has 0 spiro atoms. The minimum absolute atomic E-state index is 0.0468. The van der Waals surface area contributed by atoms with Crippen molar-refractivity contribution in [2.24, 2.45) is 0 Å². The smallest absolute Gasteiger partial charge is 0.256 e. The number of halogens is 2. The number of nitrogens with one attached hydrogen (secondary N) is 2. The van der Waals surface area contributed by atoms with E-state index in [1.54, 1.807) is 37.4 Å². The van der Waals surface area contributed by atoms with E-state index in [2.05, 4.69) is 25.3 Å². The number of hydrogen-bond donors (Lipinski definition) is 2. The molecule has 1 aliphatic rings. The Hall–Kier alpha value is -4.02. The summed E-state index contributed by atoms with van der Waals surface area (Å²) < 4.78 is 39.3. The minimum atomic E-state index is -0.781. The first-order chi connectivity index (χ1) is 18.5. The number of hydrogen-bond acceptors (Lipinski definition) is 6. The quantitative estimate of drug-likeness (QED) is 0.354. The number of ether oxygens (including phenoxy) is 2. The van der Waals surface area contributed by atoms with Crippen molar-refractivity contribution in [1.29, 1.82) is 0 Å². The lowest BCUT2D eigenvalue weighted by molar-refractivity contribution is 0.102. The van der Waals surface area contributed by atoms with Gasteiger partial charge in [-0.3, -0.25) is 14.8 Å². The first-order valence-electron chi connectivity index (χ1n) is 12.4. The fraction of sp³-hybridized carbons (Fsp3) is 0.286. The minimum Gasteiger partial charge on any atom is -0.494 e. The molecule has 1 fully saturated rings. The summed E-state index contributed by atoms with van der Waals surface area (Å²) in [6.07, 6.45) is 0. The van der Waals surface area contributed by atoms with Gasteiger partial charge in [-0.2, -0.15) is 5.10 Å². The van der Waals surface area contributed by atoms with Crippen LogP contribution in [0.2, 0.25) is 0 Å². The Labute approximate surface area is 219 Å². The van der Waals surface area contributed by atoms with E-state index in [1.807, 2.05) is 12.1 Å². The molecule has 3 aromatic carbocycles. The van der Waals surface area contributed by atoms with Gasteiger partial charge in [-0.25, -0.2) is 8.78 Å². The van der Waals surface area contributed by atoms with Gasteiger partial charge in [-0.15, -0.1) is 0 Å². The average Bonchev–Trinajstić information content (AvgIpc) is 3.34. The number of carbonyl (C=O) groups excluding carboxylic acids is 1. The normalized spacial score (nSPS) is 14.2. The first kappa shape index (κ1) is 25.6. The molecule has 1 amide bonds. The SMILES string of the molecule is COCCN1CCN(c2ccc(C(=O)Nc3n[nH]c4cc(-c5c(F)ccc(OC)c5F)ccc34)cc2)CC1. The fourth-order valence-corrected chi connectivity index (χ4v) is 4.68. The molecule has 2 N–H and O–H groups in total. The highest BCUT2D eigenvalue weighted by Crippen LogP contribution is 2.34. The predicted octanol–water partition coefficient (Wildman–Crippen LogP) is 4.54. The Morgan fingerprint density at radius 3 is 2.50 bits per heavy atom.